The van der Waals surface area contributed by atoms with E-state index in [0.717, 1.165) is 12.1 Å². The van der Waals surface area contributed by atoms with Crippen LogP contribution in [0.5, 0.6) is 0 Å². The summed E-state index contributed by atoms with van der Waals surface area (Å²) in [6, 6.07) is 2.45. The van der Waals surface area contributed by atoms with Gasteiger partial charge in [-0.15, -0.1) is 0 Å². The van der Waals surface area contributed by atoms with Crippen molar-refractivity contribution in [2.45, 2.75) is 6.04 Å². The first-order chi connectivity index (χ1) is 8.49. The van der Waals surface area contributed by atoms with E-state index >= 15 is 0 Å². The lowest BCUT2D eigenvalue weighted by Crippen LogP contribution is -2.23. The summed E-state index contributed by atoms with van der Waals surface area (Å²) >= 11 is 3.89. The van der Waals surface area contributed by atoms with Crippen LogP contribution in [0.15, 0.2) is 18.2 Å². The SMILES string of the molecule is O=CC(CS)Nc1ccc([N+](=O)[O-])cc1[N+](=O)[O-]. The number of benzene rings is 1. The molecule has 0 aliphatic carbocycles. The van der Waals surface area contributed by atoms with E-state index in [1.54, 1.807) is 0 Å². The van der Waals surface area contributed by atoms with Gasteiger partial charge in [0.05, 0.1) is 22.0 Å². The summed E-state index contributed by atoms with van der Waals surface area (Å²) in [5, 5.41) is 23.9. The van der Waals surface area contributed by atoms with E-state index in [1.165, 1.54) is 6.07 Å². The van der Waals surface area contributed by atoms with Crippen molar-refractivity contribution in [1.82, 2.24) is 0 Å². The van der Waals surface area contributed by atoms with Crippen molar-refractivity contribution in [3.63, 3.8) is 0 Å². The molecule has 0 bridgehead atoms. The highest BCUT2D eigenvalue weighted by Gasteiger charge is 2.20. The first kappa shape index (κ1) is 13.9. The molecule has 0 fully saturated rings. The van der Waals surface area contributed by atoms with E-state index in [9.17, 15) is 25.0 Å². The highest BCUT2D eigenvalue weighted by molar-refractivity contribution is 7.80. The van der Waals surface area contributed by atoms with Gasteiger partial charge in [0, 0.05) is 11.8 Å². The van der Waals surface area contributed by atoms with Crippen molar-refractivity contribution in [3.05, 3.63) is 38.4 Å². The molecule has 0 radical (unpaired) electrons. The molecule has 1 N–H and O–H groups in total. The molecule has 0 spiro atoms. The molecule has 96 valence electrons. The molecule has 8 nitrogen and oxygen atoms in total. The Balaban J connectivity index is 3.15. The lowest BCUT2D eigenvalue weighted by atomic mass is 10.2. The topological polar surface area (TPSA) is 115 Å². The van der Waals surface area contributed by atoms with Gasteiger partial charge in [0.1, 0.15) is 12.0 Å². The number of anilines is 1. The second-order valence-corrected chi connectivity index (χ2v) is 3.65. The average Bonchev–Trinajstić information content (AvgIpc) is 2.35. The zero-order valence-electron chi connectivity index (χ0n) is 8.98. The van der Waals surface area contributed by atoms with Crippen LogP contribution in [0.1, 0.15) is 0 Å². The van der Waals surface area contributed by atoms with Crippen molar-refractivity contribution in [1.29, 1.82) is 0 Å². The van der Waals surface area contributed by atoms with Crippen molar-refractivity contribution in [2.75, 3.05) is 11.1 Å². The number of aldehydes is 1. The summed E-state index contributed by atoms with van der Waals surface area (Å²) in [6.07, 6.45) is 0.554. The maximum absolute atomic E-state index is 10.8. The third-order valence-electron chi connectivity index (χ3n) is 2.09. The van der Waals surface area contributed by atoms with Gasteiger partial charge in [-0.05, 0) is 6.07 Å². The molecule has 0 heterocycles. The van der Waals surface area contributed by atoms with Gasteiger partial charge in [-0.1, -0.05) is 0 Å². The number of nitro groups is 2. The minimum atomic E-state index is -0.754. The standard InChI is InChI=1S/C9H9N3O5S/c13-4-6(5-18)10-8-2-1-7(11(14)15)3-9(8)12(16)17/h1-4,6,10,18H,5H2. The van der Waals surface area contributed by atoms with Crippen molar-refractivity contribution in [2.24, 2.45) is 0 Å². The van der Waals surface area contributed by atoms with E-state index in [-0.39, 0.29) is 17.1 Å². The van der Waals surface area contributed by atoms with E-state index in [0.29, 0.717) is 6.29 Å². The fraction of sp³-hybridized carbons (Fsp3) is 0.222. The number of thiol groups is 1. The molecule has 0 amide bonds. The van der Waals surface area contributed by atoms with Crippen LogP contribution < -0.4 is 5.32 Å². The third kappa shape index (κ3) is 3.17. The second kappa shape index (κ2) is 5.96. The monoisotopic (exact) mass is 271 g/mol. The smallest absolute Gasteiger partial charge is 0.299 e. The van der Waals surface area contributed by atoms with Crippen LogP contribution in [-0.4, -0.2) is 27.9 Å². The number of hydrogen-bond acceptors (Lipinski definition) is 7. The number of nitrogens with zero attached hydrogens (tertiary/aromatic N) is 2. The summed E-state index contributed by atoms with van der Waals surface area (Å²) in [6.45, 7) is 0. The van der Waals surface area contributed by atoms with Crippen LogP contribution in [0.3, 0.4) is 0 Å². The molecule has 0 aliphatic heterocycles. The maximum Gasteiger partial charge on any atom is 0.299 e. The number of carbonyl (C=O) groups is 1. The van der Waals surface area contributed by atoms with Gasteiger partial charge in [0.15, 0.2) is 0 Å². The zero-order chi connectivity index (χ0) is 13.7. The Bertz CT molecular complexity index is 493. The average molecular weight is 271 g/mol. The zero-order valence-corrected chi connectivity index (χ0v) is 9.87. The molecule has 0 saturated carbocycles. The first-order valence-corrected chi connectivity index (χ1v) is 5.38. The summed E-state index contributed by atoms with van der Waals surface area (Å²) in [4.78, 5) is 30.4. The molecule has 0 saturated heterocycles. The van der Waals surface area contributed by atoms with Crippen molar-refractivity contribution < 1.29 is 14.6 Å². The summed E-state index contributed by atoms with van der Waals surface area (Å²) in [5.74, 6) is 0.150. The predicted molar refractivity (Wildman–Crippen MR) is 67.1 cm³/mol. The van der Waals surface area contributed by atoms with Crippen LogP contribution in [0.25, 0.3) is 0 Å². The molecule has 0 aliphatic rings. The molecule has 1 unspecified atom stereocenters. The highest BCUT2D eigenvalue weighted by atomic mass is 32.1. The van der Waals surface area contributed by atoms with Gasteiger partial charge in [-0.2, -0.15) is 12.6 Å². The van der Waals surface area contributed by atoms with Crippen molar-refractivity contribution >= 4 is 36.0 Å². The van der Waals surface area contributed by atoms with Gasteiger partial charge in [-0.25, -0.2) is 0 Å². The second-order valence-electron chi connectivity index (χ2n) is 3.29. The van der Waals surface area contributed by atoms with Gasteiger partial charge in [-0.3, -0.25) is 20.2 Å². The minimum absolute atomic E-state index is 0.0387. The molecule has 1 aromatic carbocycles. The predicted octanol–water partition coefficient (Wildman–Crippen LogP) is 1.41. The molecule has 18 heavy (non-hydrogen) atoms. The normalized spacial score (nSPS) is 11.6. The van der Waals surface area contributed by atoms with Crippen LogP contribution in [-0.2, 0) is 4.79 Å². The number of nitro benzene ring substituents is 2. The van der Waals surface area contributed by atoms with Crippen LogP contribution >= 0.6 is 12.6 Å². The van der Waals surface area contributed by atoms with E-state index < -0.39 is 21.6 Å². The fourth-order valence-corrected chi connectivity index (χ4v) is 1.41. The van der Waals surface area contributed by atoms with E-state index in [1.807, 2.05) is 0 Å². The van der Waals surface area contributed by atoms with Crippen LogP contribution in [0.4, 0.5) is 17.1 Å². The molecular weight excluding hydrogens is 262 g/mol. The summed E-state index contributed by atoms with van der Waals surface area (Å²) in [5.41, 5.74) is -0.810. The molecule has 1 atom stereocenters. The Morgan fingerprint density at radius 2 is 2.00 bits per heavy atom. The highest BCUT2D eigenvalue weighted by Crippen LogP contribution is 2.29. The molecule has 1 rings (SSSR count). The fourth-order valence-electron chi connectivity index (χ4n) is 1.23. The molecular formula is C9H9N3O5S. The van der Waals surface area contributed by atoms with E-state index in [2.05, 4.69) is 17.9 Å². The number of non-ortho nitro benzene ring substituents is 1. The summed E-state index contributed by atoms with van der Waals surface area (Å²) < 4.78 is 0. The number of carbonyl (C=O) groups excluding carboxylic acids is 1. The number of hydrogen-bond donors (Lipinski definition) is 2. The van der Waals surface area contributed by atoms with E-state index in [4.69, 9.17) is 0 Å². The Labute approximate surface area is 107 Å². The van der Waals surface area contributed by atoms with Gasteiger partial charge >= 0.3 is 0 Å². The Hall–Kier alpha value is -2.16. The molecule has 0 aromatic heterocycles. The first-order valence-electron chi connectivity index (χ1n) is 4.75. The Morgan fingerprint density at radius 1 is 1.33 bits per heavy atom. The molecule has 9 heteroatoms. The lowest BCUT2D eigenvalue weighted by Gasteiger charge is -2.11. The maximum atomic E-state index is 10.8. The lowest BCUT2D eigenvalue weighted by molar-refractivity contribution is -0.393. The molecule has 1 aromatic rings. The third-order valence-corrected chi connectivity index (χ3v) is 2.48. The minimum Gasteiger partial charge on any atom is -0.369 e. The number of rotatable bonds is 6. The van der Waals surface area contributed by atoms with Gasteiger partial charge < -0.3 is 10.1 Å². The summed E-state index contributed by atoms with van der Waals surface area (Å²) in [7, 11) is 0. The van der Waals surface area contributed by atoms with Crippen LogP contribution in [0, 0.1) is 20.2 Å². The Kier molecular flexibility index (Phi) is 4.60. The van der Waals surface area contributed by atoms with Gasteiger partial charge in [0.25, 0.3) is 11.4 Å². The Morgan fingerprint density at radius 3 is 2.44 bits per heavy atom. The van der Waals surface area contributed by atoms with Crippen molar-refractivity contribution in [3.8, 4) is 0 Å². The quantitative estimate of drug-likeness (QED) is 0.350. The largest absolute Gasteiger partial charge is 0.369 e. The number of nitrogens with one attached hydrogen (secondary N) is 1. The van der Waals surface area contributed by atoms with Gasteiger partial charge in [0.2, 0.25) is 0 Å². The van der Waals surface area contributed by atoms with Crippen LogP contribution in [0.2, 0.25) is 0 Å².